The Hall–Kier alpha value is -0.420. The minimum absolute atomic E-state index is 0.0851. The standard InChI is InChI=1S/C10H13BrN2OS/c11-4-8-2-1-3-13(5-8)10(14)9-6-15-7-12-9/h6-8H,1-5H2. The topological polar surface area (TPSA) is 33.2 Å². The molecule has 1 fully saturated rings. The van der Waals surface area contributed by atoms with Gasteiger partial charge in [0.15, 0.2) is 0 Å². The molecule has 2 heterocycles. The van der Waals surface area contributed by atoms with E-state index in [1.807, 2.05) is 10.3 Å². The quantitative estimate of drug-likeness (QED) is 0.783. The van der Waals surface area contributed by atoms with E-state index in [0.717, 1.165) is 24.8 Å². The van der Waals surface area contributed by atoms with Crippen LogP contribution in [0.3, 0.4) is 0 Å². The number of hydrogen-bond acceptors (Lipinski definition) is 3. The van der Waals surface area contributed by atoms with E-state index in [4.69, 9.17) is 0 Å². The number of aromatic nitrogens is 1. The molecule has 1 saturated heterocycles. The smallest absolute Gasteiger partial charge is 0.273 e. The molecular weight excluding hydrogens is 276 g/mol. The largest absolute Gasteiger partial charge is 0.337 e. The molecule has 0 radical (unpaired) electrons. The van der Waals surface area contributed by atoms with Crippen molar-refractivity contribution in [1.29, 1.82) is 0 Å². The molecule has 1 aliphatic heterocycles. The predicted molar refractivity (Wildman–Crippen MR) is 64.5 cm³/mol. The molecule has 1 amide bonds. The molecule has 0 aliphatic carbocycles. The summed E-state index contributed by atoms with van der Waals surface area (Å²) in [6, 6.07) is 0. The first-order valence-electron chi connectivity index (χ1n) is 5.04. The molecule has 1 aliphatic rings. The number of piperidine rings is 1. The van der Waals surface area contributed by atoms with Crippen molar-refractivity contribution >= 4 is 33.2 Å². The van der Waals surface area contributed by atoms with Gasteiger partial charge >= 0.3 is 0 Å². The highest BCUT2D eigenvalue weighted by atomic mass is 79.9. The lowest BCUT2D eigenvalue weighted by Crippen LogP contribution is -2.40. The molecule has 82 valence electrons. The Morgan fingerprint density at radius 2 is 2.60 bits per heavy atom. The van der Waals surface area contributed by atoms with Crippen molar-refractivity contribution in [2.45, 2.75) is 12.8 Å². The molecule has 3 nitrogen and oxygen atoms in total. The second-order valence-electron chi connectivity index (χ2n) is 3.79. The number of alkyl halides is 1. The summed E-state index contributed by atoms with van der Waals surface area (Å²) in [5.41, 5.74) is 2.30. The Kier molecular flexibility index (Phi) is 3.75. The molecule has 0 saturated carbocycles. The minimum Gasteiger partial charge on any atom is -0.337 e. The fourth-order valence-corrected chi connectivity index (χ4v) is 2.91. The van der Waals surface area contributed by atoms with E-state index < -0.39 is 0 Å². The molecule has 0 N–H and O–H groups in total. The van der Waals surface area contributed by atoms with Crippen LogP contribution in [-0.2, 0) is 0 Å². The third-order valence-electron chi connectivity index (χ3n) is 2.68. The van der Waals surface area contributed by atoms with E-state index in [0.29, 0.717) is 11.6 Å². The van der Waals surface area contributed by atoms with E-state index in [9.17, 15) is 4.79 Å². The zero-order valence-corrected chi connectivity index (χ0v) is 10.8. The van der Waals surface area contributed by atoms with E-state index in [1.54, 1.807) is 5.51 Å². The third kappa shape index (κ3) is 2.58. The van der Waals surface area contributed by atoms with Gasteiger partial charge in [-0.05, 0) is 18.8 Å². The van der Waals surface area contributed by atoms with Gasteiger partial charge in [0.1, 0.15) is 5.69 Å². The van der Waals surface area contributed by atoms with Crippen LogP contribution in [0.4, 0.5) is 0 Å². The van der Waals surface area contributed by atoms with Crippen LogP contribution in [-0.4, -0.2) is 34.2 Å². The average molecular weight is 289 g/mol. The summed E-state index contributed by atoms with van der Waals surface area (Å²) in [7, 11) is 0. The van der Waals surface area contributed by atoms with Crippen molar-refractivity contribution in [2.24, 2.45) is 5.92 Å². The van der Waals surface area contributed by atoms with Gasteiger partial charge in [-0.1, -0.05) is 15.9 Å². The maximum absolute atomic E-state index is 12.0. The zero-order valence-electron chi connectivity index (χ0n) is 8.36. The molecular formula is C10H13BrN2OS. The van der Waals surface area contributed by atoms with Gasteiger partial charge in [0.25, 0.3) is 5.91 Å². The Balaban J connectivity index is 2.01. The Morgan fingerprint density at radius 1 is 1.73 bits per heavy atom. The maximum atomic E-state index is 12.0. The van der Waals surface area contributed by atoms with Gasteiger partial charge < -0.3 is 4.90 Å². The molecule has 5 heteroatoms. The van der Waals surface area contributed by atoms with Gasteiger partial charge in [0, 0.05) is 23.8 Å². The zero-order chi connectivity index (χ0) is 10.7. The number of nitrogens with zero attached hydrogens (tertiary/aromatic N) is 2. The number of carbonyl (C=O) groups is 1. The van der Waals surface area contributed by atoms with Crippen molar-refractivity contribution < 1.29 is 4.79 Å². The highest BCUT2D eigenvalue weighted by Crippen LogP contribution is 2.20. The van der Waals surface area contributed by atoms with Crippen LogP contribution in [0.15, 0.2) is 10.9 Å². The van der Waals surface area contributed by atoms with Crippen LogP contribution >= 0.6 is 27.3 Å². The molecule has 0 bridgehead atoms. The lowest BCUT2D eigenvalue weighted by Gasteiger charge is -2.31. The number of thiazole rings is 1. The Morgan fingerprint density at radius 3 is 3.27 bits per heavy atom. The number of halogens is 1. The van der Waals surface area contributed by atoms with Gasteiger partial charge in [0.05, 0.1) is 5.51 Å². The van der Waals surface area contributed by atoms with Crippen molar-refractivity contribution in [1.82, 2.24) is 9.88 Å². The normalized spacial score (nSPS) is 21.7. The van der Waals surface area contributed by atoms with Gasteiger partial charge in [-0.15, -0.1) is 11.3 Å². The summed E-state index contributed by atoms with van der Waals surface area (Å²) >= 11 is 4.96. The van der Waals surface area contributed by atoms with Crippen molar-refractivity contribution in [3.05, 3.63) is 16.6 Å². The lowest BCUT2D eigenvalue weighted by atomic mass is 10.00. The minimum atomic E-state index is 0.0851. The summed E-state index contributed by atoms with van der Waals surface area (Å²) in [5.74, 6) is 0.684. The molecule has 1 aromatic rings. The van der Waals surface area contributed by atoms with E-state index in [1.165, 1.54) is 17.8 Å². The van der Waals surface area contributed by atoms with Crippen LogP contribution in [0.5, 0.6) is 0 Å². The van der Waals surface area contributed by atoms with Crippen LogP contribution in [0.1, 0.15) is 23.3 Å². The molecule has 2 rings (SSSR count). The van der Waals surface area contributed by atoms with Gasteiger partial charge in [-0.25, -0.2) is 4.98 Å². The molecule has 1 atom stereocenters. The first-order chi connectivity index (χ1) is 7.31. The average Bonchev–Trinajstić information content (AvgIpc) is 2.81. The number of carbonyl (C=O) groups excluding carboxylic acids is 1. The molecule has 0 aromatic carbocycles. The highest BCUT2D eigenvalue weighted by Gasteiger charge is 2.24. The molecule has 1 unspecified atom stereocenters. The number of amides is 1. The fraction of sp³-hybridized carbons (Fsp3) is 0.600. The number of likely N-dealkylation sites (tertiary alicyclic amines) is 1. The summed E-state index contributed by atoms with van der Waals surface area (Å²) < 4.78 is 0. The molecule has 1 aromatic heterocycles. The maximum Gasteiger partial charge on any atom is 0.273 e. The van der Waals surface area contributed by atoms with E-state index in [-0.39, 0.29) is 5.91 Å². The van der Waals surface area contributed by atoms with Crippen LogP contribution in [0.25, 0.3) is 0 Å². The number of rotatable bonds is 2. The fourth-order valence-electron chi connectivity index (χ4n) is 1.86. The number of hydrogen-bond donors (Lipinski definition) is 0. The van der Waals surface area contributed by atoms with Crippen molar-refractivity contribution in [3.8, 4) is 0 Å². The summed E-state index contributed by atoms with van der Waals surface area (Å²) in [6.45, 7) is 1.74. The third-order valence-corrected chi connectivity index (χ3v) is 4.18. The van der Waals surface area contributed by atoms with Crippen LogP contribution < -0.4 is 0 Å². The monoisotopic (exact) mass is 288 g/mol. The predicted octanol–water partition coefficient (Wildman–Crippen LogP) is 2.39. The Bertz CT molecular complexity index is 328. The second-order valence-corrected chi connectivity index (χ2v) is 5.15. The summed E-state index contributed by atoms with van der Waals surface area (Å²) in [4.78, 5) is 18.0. The van der Waals surface area contributed by atoms with Crippen molar-refractivity contribution in [3.63, 3.8) is 0 Å². The van der Waals surface area contributed by atoms with E-state index in [2.05, 4.69) is 20.9 Å². The lowest BCUT2D eigenvalue weighted by molar-refractivity contribution is 0.0681. The molecule has 0 spiro atoms. The molecule has 15 heavy (non-hydrogen) atoms. The summed E-state index contributed by atoms with van der Waals surface area (Å²) in [6.07, 6.45) is 2.32. The van der Waals surface area contributed by atoms with Gasteiger partial charge in [0.2, 0.25) is 0 Å². The Labute approximate surface area is 102 Å². The van der Waals surface area contributed by atoms with Crippen LogP contribution in [0.2, 0.25) is 0 Å². The van der Waals surface area contributed by atoms with Gasteiger partial charge in [-0.2, -0.15) is 0 Å². The second kappa shape index (κ2) is 5.07. The first kappa shape index (κ1) is 11.1. The first-order valence-corrected chi connectivity index (χ1v) is 7.11. The SMILES string of the molecule is O=C(c1cscn1)N1CCCC(CBr)C1. The van der Waals surface area contributed by atoms with Gasteiger partial charge in [-0.3, -0.25) is 4.79 Å². The van der Waals surface area contributed by atoms with E-state index >= 15 is 0 Å². The highest BCUT2D eigenvalue weighted by molar-refractivity contribution is 9.09. The summed E-state index contributed by atoms with van der Waals surface area (Å²) in [5, 5.41) is 2.80. The van der Waals surface area contributed by atoms with Crippen molar-refractivity contribution in [2.75, 3.05) is 18.4 Å². The van der Waals surface area contributed by atoms with Crippen LogP contribution in [0, 0.1) is 5.92 Å².